The van der Waals surface area contributed by atoms with Gasteiger partial charge in [0.1, 0.15) is 17.8 Å². The van der Waals surface area contributed by atoms with Crippen LogP contribution >= 0.6 is 0 Å². The van der Waals surface area contributed by atoms with E-state index in [-0.39, 0.29) is 17.8 Å². The molecule has 3 heterocycles. The van der Waals surface area contributed by atoms with Gasteiger partial charge in [-0.2, -0.15) is 5.10 Å². The van der Waals surface area contributed by atoms with Crippen LogP contribution in [0.15, 0.2) is 29.2 Å². The predicted octanol–water partition coefficient (Wildman–Crippen LogP) is 1.95. The lowest BCUT2D eigenvalue weighted by molar-refractivity contribution is 0.0928. The van der Waals surface area contributed by atoms with E-state index in [0.717, 1.165) is 23.2 Å². The number of hydrogen-bond acceptors (Lipinski definition) is 7. The highest BCUT2D eigenvalue weighted by molar-refractivity contribution is 5.91. The van der Waals surface area contributed by atoms with E-state index in [2.05, 4.69) is 36.0 Å². The van der Waals surface area contributed by atoms with Crippen LogP contribution < -0.4 is 10.6 Å². The number of carbonyl (C=O) groups is 1. The molecule has 1 amide bonds. The molecule has 0 spiro atoms. The highest BCUT2D eigenvalue weighted by Crippen LogP contribution is 2.16. The third-order valence-electron chi connectivity index (χ3n) is 4.10. The number of H-pyrrole nitrogens is 1. The average Bonchev–Trinajstić information content (AvgIpc) is 3.31. The summed E-state index contributed by atoms with van der Waals surface area (Å²) in [6.07, 6.45) is 5.89. The molecule has 3 rings (SSSR count). The minimum Gasteiger partial charge on any atom is -0.369 e. The summed E-state index contributed by atoms with van der Waals surface area (Å²) >= 11 is 0. The monoisotopic (exact) mass is 355 g/mol. The highest BCUT2D eigenvalue weighted by Gasteiger charge is 2.18. The molecule has 0 bridgehead atoms. The van der Waals surface area contributed by atoms with Crippen molar-refractivity contribution < 1.29 is 9.32 Å². The molecule has 136 valence electrons. The Kier molecular flexibility index (Phi) is 5.26. The van der Waals surface area contributed by atoms with Gasteiger partial charge < -0.3 is 15.2 Å². The summed E-state index contributed by atoms with van der Waals surface area (Å²) in [5.74, 6) is 0.413. The highest BCUT2D eigenvalue weighted by atomic mass is 16.5. The van der Waals surface area contributed by atoms with Crippen LogP contribution in [0.4, 0.5) is 5.82 Å². The second kappa shape index (κ2) is 7.77. The van der Waals surface area contributed by atoms with Crippen molar-refractivity contribution in [3.63, 3.8) is 0 Å². The van der Waals surface area contributed by atoms with Crippen LogP contribution in [0.3, 0.4) is 0 Å². The van der Waals surface area contributed by atoms with Crippen molar-refractivity contribution in [2.24, 2.45) is 0 Å². The van der Waals surface area contributed by atoms with Gasteiger partial charge in [0.2, 0.25) is 5.82 Å². The van der Waals surface area contributed by atoms with E-state index in [1.165, 1.54) is 6.26 Å². The zero-order chi connectivity index (χ0) is 18.5. The fourth-order valence-corrected chi connectivity index (χ4v) is 2.42. The first-order valence-electron chi connectivity index (χ1n) is 8.32. The Bertz CT molecular complexity index is 860. The molecule has 1 atom stereocenters. The molecule has 3 aromatic heterocycles. The Balaban J connectivity index is 1.69. The number of aryl methyl sites for hydroxylation is 1. The first-order chi connectivity index (χ1) is 12.5. The van der Waals surface area contributed by atoms with Crippen LogP contribution in [0.1, 0.15) is 46.1 Å². The number of nitrogens with one attached hydrogen (secondary N) is 3. The SMILES string of the molecule is Cc1nc(C(=O)NC(C)c2ccon2)nc(NCCc2cn[nH]c2)c1C. The second-order valence-corrected chi connectivity index (χ2v) is 6.01. The maximum absolute atomic E-state index is 12.5. The maximum atomic E-state index is 12.5. The van der Waals surface area contributed by atoms with Gasteiger partial charge in [-0.1, -0.05) is 5.16 Å². The van der Waals surface area contributed by atoms with Gasteiger partial charge in [-0.05, 0) is 32.8 Å². The Hall–Kier alpha value is -3.23. The van der Waals surface area contributed by atoms with Crippen molar-refractivity contribution in [2.75, 3.05) is 11.9 Å². The van der Waals surface area contributed by atoms with Crippen LogP contribution in [0.25, 0.3) is 0 Å². The normalized spacial score (nSPS) is 12.0. The third kappa shape index (κ3) is 4.05. The van der Waals surface area contributed by atoms with Crippen LogP contribution in [0.2, 0.25) is 0 Å². The van der Waals surface area contributed by atoms with Gasteiger partial charge in [-0.3, -0.25) is 9.89 Å². The van der Waals surface area contributed by atoms with Crippen molar-refractivity contribution in [3.05, 3.63) is 53.1 Å². The third-order valence-corrected chi connectivity index (χ3v) is 4.10. The molecule has 0 aliphatic rings. The smallest absolute Gasteiger partial charge is 0.289 e. The molecule has 0 radical (unpaired) electrons. The van der Waals surface area contributed by atoms with Gasteiger partial charge in [0.25, 0.3) is 5.91 Å². The van der Waals surface area contributed by atoms with E-state index in [0.29, 0.717) is 18.1 Å². The molecule has 0 saturated heterocycles. The topological polar surface area (TPSA) is 122 Å². The Labute approximate surface area is 150 Å². The molecule has 0 aliphatic carbocycles. The molecule has 3 N–H and O–H groups in total. The molecule has 0 aromatic carbocycles. The molecule has 0 saturated carbocycles. The second-order valence-electron chi connectivity index (χ2n) is 6.01. The number of rotatable bonds is 7. The quantitative estimate of drug-likeness (QED) is 0.592. The van der Waals surface area contributed by atoms with Crippen molar-refractivity contribution in [3.8, 4) is 0 Å². The number of nitrogens with zero attached hydrogens (tertiary/aromatic N) is 4. The zero-order valence-electron chi connectivity index (χ0n) is 14.9. The van der Waals surface area contributed by atoms with Crippen molar-refractivity contribution in [1.29, 1.82) is 0 Å². The summed E-state index contributed by atoms with van der Waals surface area (Å²) in [7, 11) is 0. The predicted molar refractivity (Wildman–Crippen MR) is 94.7 cm³/mol. The maximum Gasteiger partial charge on any atom is 0.289 e. The molecule has 0 fully saturated rings. The van der Waals surface area contributed by atoms with Crippen molar-refractivity contribution in [1.82, 2.24) is 30.6 Å². The van der Waals surface area contributed by atoms with E-state index in [9.17, 15) is 4.79 Å². The average molecular weight is 355 g/mol. The summed E-state index contributed by atoms with van der Waals surface area (Å²) < 4.78 is 4.80. The fourth-order valence-electron chi connectivity index (χ4n) is 2.42. The molecule has 9 heteroatoms. The summed E-state index contributed by atoms with van der Waals surface area (Å²) in [6, 6.07) is 1.40. The van der Waals surface area contributed by atoms with Gasteiger partial charge in [-0.15, -0.1) is 0 Å². The van der Waals surface area contributed by atoms with E-state index < -0.39 is 0 Å². The lowest BCUT2D eigenvalue weighted by Gasteiger charge is -2.14. The van der Waals surface area contributed by atoms with Crippen molar-refractivity contribution in [2.45, 2.75) is 33.2 Å². The van der Waals surface area contributed by atoms with E-state index in [1.807, 2.05) is 27.0 Å². The van der Waals surface area contributed by atoms with Crippen LogP contribution in [0.5, 0.6) is 0 Å². The summed E-state index contributed by atoms with van der Waals surface area (Å²) in [4.78, 5) is 21.2. The van der Waals surface area contributed by atoms with E-state index in [4.69, 9.17) is 4.52 Å². The van der Waals surface area contributed by atoms with Crippen molar-refractivity contribution >= 4 is 11.7 Å². The largest absolute Gasteiger partial charge is 0.369 e. The molecule has 9 nitrogen and oxygen atoms in total. The van der Waals surface area contributed by atoms with Crippen LogP contribution in [0, 0.1) is 13.8 Å². The fraction of sp³-hybridized carbons (Fsp3) is 0.353. The number of hydrogen-bond donors (Lipinski definition) is 3. The summed E-state index contributed by atoms with van der Waals surface area (Å²) in [5.41, 5.74) is 3.41. The standard InChI is InChI=1S/C17H21N7O2/c1-10-11(2)21-16(17(25)22-12(3)14-5-7-26-24-14)23-15(10)18-6-4-13-8-19-20-9-13/h5,7-9,12H,4,6H2,1-3H3,(H,19,20)(H,22,25)(H,18,21,23). The molecule has 3 aromatic rings. The molecular formula is C17H21N7O2. The first kappa shape index (κ1) is 17.6. The molecule has 1 unspecified atom stereocenters. The Morgan fingerprint density at radius 3 is 2.88 bits per heavy atom. The zero-order valence-corrected chi connectivity index (χ0v) is 14.9. The number of anilines is 1. The summed E-state index contributed by atoms with van der Waals surface area (Å²) in [5, 5.41) is 16.6. The minimum absolute atomic E-state index is 0.120. The van der Waals surface area contributed by atoms with Crippen LogP contribution in [-0.2, 0) is 6.42 Å². The molecule has 26 heavy (non-hydrogen) atoms. The molecular weight excluding hydrogens is 334 g/mol. The lowest BCUT2D eigenvalue weighted by Crippen LogP contribution is -2.29. The van der Waals surface area contributed by atoms with Gasteiger partial charge in [0.15, 0.2) is 0 Å². The van der Waals surface area contributed by atoms with Gasteiger partial charge in [0.05, 0.1) is 12.2 Å². The first-order valence-corrected chi connectivity index (χ1v) is 8.32. The lowest BCUT2D eigenvalue weighted by atomic mass is 10.2. The Morgan fingerprint density at radius 2 is 2.19 bits per heavy atom. The number of carbonyl (C=O) groups excluding carboxylic acids is 1. The molecule has 0 aliphatic heterocycles. The minimum atomic E-state index is -0.360. The number of aromatic nitrogens is 5. The Morgan fingerprint density at radius 1 is 1.35 bits per heavy atom. The number of aromatic amines is 1. The number of amides is 1. The van der Waals surface area contributed by atoms with Gasteiger partial charge >= 0.3 is 0 Å². The van der Waals surface area contributed by atoms with Gasteiger partial charge in [0, 0.05) is 30.1 Å². The van der Waals surface area contributed by atoms with Crippen LogP contribution in [-0.4, -0.2) is 37.8 Å². The van der Waals surface area contributed by atoms with E-state index in [1.54, 1.807) is 12.3 Å². The summed E-state index contributed by atoms with van der Waals surface area (Å²) in [6.45, 7) is 6.28. The van der Waals surface area contributed by atoms with Gasteiger partial charge in [-0.25, -0.2) is 9.97 Å². The van der Waals surface area contributed by atoms with E-state index >= 15 is 0 Å².